The van der Waals surface area contributed by atoms with Crippen molar-refractivity contribution in [2.24, 2.45) is 5.92 Å². The summed E-state index contributed by atoms with van der Waals surface area (Å²) in [6.45, 7) is 6.95. The minimum Gasteiger partial charge on any atom is -0.481 e. The van der Waals surface area contributed by atoms with Crippen LogP contribution in [-0.2, 0) is 4.79 Å². The molecule has 0 aromatic rings. The van der Waals surface area contributed by atoms with Gasteiger partial charge in [-0.3, -0.25) is 4.79 Å². The molecule has 2 N–H and O–H groups in total. The number of rotatable bonds is 4. The number of carboxylic acids is 1. The molecule has 0 aromatic heterocycles. The molecule has 0 radical (unpaired) electrons. The number of carboxylic acid groups (broad SMARTS) is 1. The molecular formula is C13H24N2O4. The largest absolute Gasteiger partial charge is 0.481 e. The molecule has 2 amide bonds. The monoisotopic (exact) mass is 272 g/mol. The first-order valence-electron chi connectivity index (χ1n) is 6.82. The second-order valence-corrected chi connectivity index (χ2v) is 5.29. The summed E-state index contributed by atoms with van der Waals surface area (Å²) >= 11 is 0. The summed E-state index contributed by atoms with van der Waals surface area (Å²) in [6.07, 6.45) is 0.218. The van der Waals surface area contributed by atoms with Crippen LogP contribution in [0.4, 0.5) is 4.79 Å². The SMILES string of the molecule is CCN(C(=O)N1CCC(C)C(O)C1)C(C)CC(=O)O. The number of carbonyl (C=O) groups excluding carboxylic acids is 1. The summed E-state index contributed by atoms with van der Waals surface area (Å²) in [7, 11) is 0. The molecule has 1 saturated heterocycles. The molecule has 6 nitrogen and oxygen atoms in total. The number of amides is 2. The van der Waals surface area contributed by atoms with E-state index >= 15 is 0 Å². The van der Waals surface area contributed by atoms with Crippen LogP contribution in [0.25, 0.3) is 0 Å². The van der Waals surface area contributed by atoms with Crippen LogP contribution < -0.4 is 0 Å². The van der Waals surface area contributed by atoms with Crippen molar-refractivity contribution in [2.45, 2.75) is 45.8 Å². The van der Waals surface area contributed by atoms with Gasteiger partial charge >= 0.3 is 12.0 Å². The van der Waals surface area contributed by atoms with Crippen LogP contribution in [0.2, 0.25) is 0 Å². The lowest BCUT2D eigenvalue weighted by Crippen LogP contribution is -2.53. The number of hydrogen-bond donors (Lipinski definition) is 2. The summed E-state index contributed by atoms with van der Waals surface area (Å²) in [6, 6.07) is -0.520. The molecule has 0 aromatic carbocycles. The van der Waals surface area contributed by atoms with E-state index in [0.29, 0.717) is 19.6 Å². The fourth-order valence-corrected chi connectivity index (χ4v) is 2.40. The van der Waals surface area contributed by atoms with Crippen molar-refractivity contribution >= 4 is 12.0 Å². The zero-order valence-corrected chi connectivity index (χ0v) is 11.9. The fourth-order valence-electron chi connectivity index (χ4n) is 2.40. The van der Waals surface area contributed by atoms with Crippen molar-refractivity contribution in [3.63, 3.8) is 0 Å². The van der Waals surface area contributed by atoms with Crippen molar-refractivity contribution in [1.82, 2.24) is 9.80 Å². The summed E-state index contributed by atoms with van der Waals surface area (Å²) in [5, 5.41) is 18.6. The van der Waals surface area contributed by atoms with Crippen LogP contribution in [0.3, 0.4) is 0 Å². The molecule has 1 aliphatic rings. The molecule has 3 unspecified atom stereocenters. The summed E-state index contributed by atoms with van der Waals surface area (Å²) in [5.74, 6) is -0.707. The van der Waals surface area contributed by atoms with Gasteiger partial charge in [-0.05, 0) is 26.2 Å². The van der Waals surface area contributed by atoms with Crippen LogP contribution in [-0.4, -0.2) is 63.8 Å². The highest BCUT2D eigenvalue weighted by Crippen LogP contribution is 2.19. The Balaban J connectivity index is 2.65. The lowest BCUT2D eigenvalue weighted by Gasteiger charge is -2.38. The summed E-state index contributed by atoms with van der Waals surface area (Å²) in [4.78, 5) is 26.3. The molecule has 0 bridgehead atoms. The van der Waals surface area contributed by atoms with Crippen molar-refractivity contribution in [1.29, 1.82) is 0 Å². The van der Waals surface area contributed by atoms with E-state index in [1.165, 1.54) is 0 Å². The molecule has 0 aliphatic carbocycles. The number of aliphatic carboxylic acids is 1. The van der Waals surface area contributed by atoms with E-state index in [0.717, 1.165) is 6.42 Å². The Morgan fingerprint density at radius 2 is 2.11 bits per heavy atom. The molecule has 0 spiro atoms. The maximum atomic E-state index is 12.4. The highest BCUT2D eigenvalue weighted by molar-refractivity contribution is 5.76. The van der Waals surface area contributed by atoms with Crippen molar-refractivity contribution < 1.29 is 19.8 Å². The molecule has 6 heteroatoms. The number of aliphatic hydroxyl groups excluding tert-OH is 1. The molecule has 1 rings (SSSR count). The van der Waals surface area contributed by atoms with E-state index in [9.17, 15) is 14.7 Å². The molecule has 1 heterocycles. The first-order chi connectivity index (χ1) is 8.86. The predicted octanol–water partition coefficient (Wildman–Crippen LogP) is 0.994. The third-order valence-corrected chi connectivity index (χ3v) is 3.78. The van der Waals surface area contributed by atoms with Gasteiger partial charge in [-0.2, -0.15) is 0 Å². The Morgan fingerprint density at radius 3 is 2.58 bits per heavy atom. The minimum absolute atomic E-state index is 0.0631. The quantitative estimate of drug-likeness (QED) is 0.800. The van der Waals surface area contributed by atoms with E-state index < -0.39 is 12.1 Å². The summed E-state index contributed by atoms with van der Waals surface area (Å²) in [5.41, 5.74) is 0. The van der Waals surface area contributed by atoms with E-state index in [1.807, 2.05) is 13.8 Å². The third-order valence-electron chi connectivity index (χ3n) is 3.78. The number of likely N-dealkylation sites (tertiary alicyclic amines) is 1. The molecule has 110 valence electrons. The Labute approximate surface area is 114 Å². The van der Waals surface area contributed by atoms with Gasteiger partial charge in [-0.1, -0.05) is 6.92 Å². The average Bonchev–Trinajstić information content (AvgIpc) is 2.32. The Hall–Kier alpha value is -1.30. The van der Waals surface area contributed by atoms with Gasteiger partial charge < -0.3 is 20.0 Å². The van der Waals surface area contributed by atoms with Crippen LogP contribution in [0, 0.1) is 5.92 Å². The number of β-amino-alcohol motifs (C(OH)–C–C–N with tert-alkyl or cyclic N) is 1. The topological polar surface area (TPSA) is 81.1 Å². The van der Waals surface area contributed by atoms with Crippen LogP contribution in [0.15, 0.2) is 0 Å². The maximum Gasteiger partial charge on any atom is 0.320 e. The standard InChI is InChI=1S/C13H24N2O4/c1-4-15(10(3)7-12(17)18)13(19)14-6-5-9(2)11(16)8-14/h9-11,16H,4-8H2,1-3H3,(H,17,18). The molecule has 19 heavy (non-hydrogen) atoms. The van der Waals surface area contributed by atoms with Crippen molar-refractivity contribution in [2.75, 3.05) is 19.6 Å². The number of aliphatic hydroxyl groups is 1. The van der Waals surface area contributed by atoms with Crippen LogP contribution >= 0.6 is 0 Å². The Bertz CT molecular complexity index is 335. The molecule has 1 fully saturated rings. The van der Waals surface area contributed by atoms with Crippen molar-refractivity contribution in [3.05, 3.63) is 0 Å². The molecular weight excluding hydrogens is 248 g/mol. The minimum atomic E-state index is -0.911. The number of piperidine rings is 1. The van der Waals surface area contributed by atoms with E-state index in [-0.39, 0.29) is 24.4 Å². The average molecular weight is 272 g/mol. The third kappa shape index (κ3) is 4.09. The van der Waals surface area contributed by atoms with Crippen LogP contribution in [0.1, 0.15) is 33.6 Å². The van der Waals surface area contributed by atoms with Gasteiger partial charge in [0.05, 0.1) is 12.5 Å². The maximum absolute atomic E-state index is 12.4. The smallest absolute Gasteiger partial charge is 0.320 e. The first-order valence-corrected chi connectivity index (χ1v) is 6.82. The van der Waals surface area contributed by atoms with Gasteiger partial charge in [0.25, 0.3) is 0 Å². The highest BCUT2D eigenvalue weighted by Gasteiger charge is 2.31. The Morgan fingerprint density at radius 1 is 1.47 bits per heavy atom. The van der Waals surface area contributed by atoms with Gasteiger partial charge in [0.15, 0.2) is 0 Å². The Kier molecular flexibility index (Phi) is 5.60. The lowest BCUT2D eigenvalue weighted by atomic mass is 9.96. The summed E-state index contributed by atoms with van der Waals surface area (Å²) < 4.78 is 0. The molecule has 3 atom stereocenters. The van der Waals surface area contributed by atoms with Gasteiger partial charge in [0.1, 0.15) is 0 Å². The normalized spacial score (nSPS) is 24.9. The van der Waals surface area contributed by atoms with Gasteiger partial charge in [0.2, 0.25) is 0 Å². The predicted molar refractivity (Wildman–Crippen MR) is 70.9 cm³/mol. The number of nitrogens with zero attached hydrogens (tertiary/aromatic N) is 2. The van der Waals surface area contributed by atoms with Gasteiger partial charge in [0, 0.05) is 25.7 Å². The second-order valence-electron chi connectivity index (χ2n) is 5.29. The second kappa shape index (κ2) is 6.75. The molecule has 0 saturated carbocycles. The first kappa shape index (κ1) is 15.8. The lowest BCUT2D eigenvalue weighted by molar-refractivity contribution is -0.138. The fraction of sp³-hybridized carbons (Fsp3) is 0.846. The number of hydrogen-bond acceptors (Lipinski definition) is 3. The molecule has 1 aliphatic heterocycles. The van der Waals surface area contributed by atoms with Gasteiger partial charge in [-0.15, -0.1) is 0 Å². The number of carbonyl (C=O) groups is 2. The van der Waals surface area contributed by atoms with E-state index in [2.05, 4.69) is 0 Å². The van der Waals surface area contributed by atoms with Crippen molar-refractivity contribution in [3.8, 4) is 0 Å². The zero-order valence-electron chi connectivity index (χ0n) is 11.9. The van der Waals surface area contributed by atoms with Gasteiger partial charge in [-0.25, -0.2) is 4.79 Å². The number of urea groups is 1. The van der Waals surface area contributed by atoms with E-state index in [1.54, 1.807) is 16.7 Å². The zero-order chi connectivity index (χ0) is 14.6. The van der Waals surface area contributed by atoms with Crippen LogP contribution in [0.5, 0.6) is 0 Å². The van der Waals surface area contributed by atoms with E-state index in [4.69, 9.17) is 5.11 Å². The highest BCUT2D eigenvalue weighted by atomic mass is 16.4.